The van der Waals surface area contributed by atoms with Gasteiger partial charge in [0.15, 0.2) is 5.82 Å². The molecule has 6 nitrogen and oxygen atoms in total. The zero-order valence-corrected chi connectivity index (χ0v) is 15.5. The Morgan fingerprint density at radius 2 is 2.00 bits per heavy atom. The number of anilines is 2. The number of carbonyl (C=O) groups excluding carboxylic acids is 1. The van der Waals surface area contributed by atoms with E-state index >= 15 is 0 Å². The molecule has 1 aliphatic rings. The summed E-state index contributed by atoms with van der Waals surface area (Å²) in [5.41, 5.74) is 1.28. The molecule has 0 radical (unpaired) electrons. The third-order valence-corrected chi connectivity index (χ3v) is 4.96. The predicted octanol–water partition coefficient (Wildman–Crippen LogP) is 3.23. The molecule has 2 heterocycles. The van der Waals surface area contributed by atoms with Crippen molar-refractivity contribution in [2.45, 2.75) is 23.5 Å². The van der Waals surface area contributed by atoms with Crippen molar-refractivity contribution in [2.24, 2.45) is 0 Å². The summed E-state index contributed by atoms with van der Waals surface area (Å²) in [5.74, 6) is -2.30. The number of alkyl halides is 2. The van der Waals surface area contributed by atoms with E-state index in [2.05, 4.69) is 25.7 Å². The van der Waals surface area contributed by atoms with Crippen molar-refractivity contribution >= 4 is 29.2 Å². The van der Waals surface area contributed by atoms with Crippen molar-refractivity contribution < 1.29 is 13.6 Å². The second kappa shape index (κ2) is 9.50. The Hall–Kier alpha value is -2.42. The van der Waals surface area contributed by atoms with Gasteiger partial charge in [-0.25, -0.2) is 0 Å². The average Bonchev–Trinajstić information content (AvgIpc) is 3.20. The van der Waals surface area contributed by atoms with Crippen LogP contribution >= 0.6 is 11.8 Å². The first kappa shape index (κ1) is 19.3. The van der Waals surface area contributed by atoms with Crippen LogP contribution < -0.4 is 15.5 Å². The van der Waals surface area contributed by atoms with E-state index in [4.69, 9.17) is 0 Å². The van der Waals surface area contributed by atoms with Crippen LogP contribution in [0.15, 0.2) is 41.4 Å². The molecular weight excluding hydrogens is 372 g/mol. The first-order valence-electron chi connectivity index (χ1n) is 8.77. The highest BCUT2D eigenvalue weighted by molar-refractivity contribution is 7.99. The number of nitrogens with one attached hydrogen (secondary N) is 2. The number of rotatable bonds is 8. The van der Waals surface area contributed by atoms with Crippen LogP contribution in [0.1, 0.15) is 23.2 Å². The molecule has 1 saturated heterocycles. The van der Waals surface area contributed by atoms with Crippen molar-refractivity contribution in [1.82, 2.24) is 15.5 Å². The van der Waals surface area contributed by atoms with Gasteiger partial charge in [-0.2, -0.15) is 13.9 Å². The first-order valence-corrected chi connectivity index (χ1v) is 9.65. The summed E-state index contributed by atoms with van der Waals surface area (Å²) in [6.45, 7) is 2.84. The van der Waals surface area contributed by atoms with Crippen LogP contribution in [-0.4, -0.2) is 48.0 Å². The predicted molar refractivity (Wildman–Crippen MR) is 103 cm³/mol. The maximum absolute atomic E-state index is 12.6. The van der Waals surface area contributed by atoms with Crippen molar-refractivity contribution in [3.05, 3.63) is 42.1 Å². The summed E-state index contributed by atoms with van der Waals surface area (Å²) in [5, 5.41) is 13.9. The van der Waals surface area contributed by atoms with Crippen LogP contribution in [-0.2, 0) is 0 Å². The Morgan fingerprint density at radius 1 is 1.22 bits per heavy atom. The smallest absolute Gasteiger partial charge is 0.288 e. The minimum absolute atomic E-state index is 0.249. The molecule has 0 saturated carbocycles. The van der Waals surface area contributed by atoms with Crippen LogP contribution in [0.2, 0.25) is 0 Å². The van der Waals surface area contributed by atoms with Gasteiger partial charge in [0.25, 0.3) is 11.7 Å². The number of hydrogen-bond acceptors (Lipinski definition) is 6. The second-order valence-electron chi connectivity index (χ2n) is 6.05. The van der Waals surface area contributed by atoms with Gasteiger partial charge in [0.2, 0.25) is 0 Å². The molecule has 1 aliphatic heterocycles. The molecular formula is C18H21F2N5OS. The van der Waals surface area contributed by atoms with Crippen molar-refractivity contribution in [3.63, 3.8) is 0 Å². The Balaban J connectivity index is 1.49. The highest BCUT2D eigenvalue weighted by Crippen LogP contribution is 2.28. The van der Waals surface area contributed by atoms with Crippen molar-refractivity contribution in [3.8, 4) is 0 Å². The molecule has 144 valence electrons. The Kier molecular flexibility index (Phi) is 6.80. The molecule has 3 rings (SSSR count). The second-order valence-corrected chi connectivity index (χ2v) is 7.08. The van der Waals surface area contributed by atoms with Crippen LogP contribution in [0, 0.1) is 0 Å². The number of nitrogens with zero attached hydrogens (tertiary/aromatic N) is 3. The van der Waals surface area contributed by atoms with Gasteiger partial charge in [0.1, 0.15) is 0 Å². The number of aromatic nitrogens is 2. The number of carbonyl (C=O) groups is 1. The van der Waals surface area contributed by atoms with Gasteiger partial charge in [-0.1, -0.05) is 23.9 Å². The zero-order valence-electron chi connectivity index (χ0n) is 14.7. The van der Waals surface area contributed by atoms with Gasteiger partial charge >= 0.3 is 0 Å². The van der Waals surface area contributed by atoms with Gasteiger partial charge in [0.05, 0.1) is 17.4 Å². The van der Waals surface area contributed by atoms with Crippen LogP contribution in [0.25, 0.3) is 0 Å². The van der Waals surface area contributed by atoms with E-state index in [0.717, 1.165) is 18.8 Å². The minimum atomic E-state index is -2.57. The molecule has 0 unspecified atom stereocenters. The molecule has 2 N–H and O–H groups in total. The number of thioether (sulfide) groups is 1. The normalized spacial score (nSPS) is 13.8. The third-order valence-electron chi connectivity index (χ3n) is 4.18. The summed E-state index contributed by atoms with van der Waals surface area (Å²) in [4.78, 5) is 14.8. The largest absolute Gasteiger partial charge is 0.370 e. The summed E-state index contributed by atoms with van der Waals surface area (Å²) >= 11 is 0.370. The fourth-order valence-electron chi connectivity index (χ4n) is 2.91. The lowest BCUT2D eigenvalue weighted by molar-refractivity contribution is 0.0952. The standard InChI is InChI=1S/C18H21F2N5OS/c19-18(20)27-15-6-2-1-5-14(15)17(26)22-8-7-21-16-11-13(12-23-24-16)25-9-3-4-10-25/h1-2,5-6,11-12,18H,3-4,7-10H2,(H,21,24)(H,22,26). The summed E-state index contributed by atoms with van der Waals surface area (Å²) < 4.78 is 25.2. The van der Waals surface area contributed by atoms with E-state index in [-0.39, 0.29) is 16.4 Å². The summed E-state index contributed by atoms with van der Waals surface area (Å²) in [7, 11) is 0. The quantitative estimate of drug-likeness (QED) is 0.530. The van der Waals surface area contributed by atoms with E-state index in [1.54, 1.807) is 24.4 Å². The molecule has 27 heavy (non-hydrogen) atoms. The third kappa shape index (κ3) is 5.53. The first-order chi connectivity index (χ1) is 13.1. The van der Waals surface area contributed by atoms with Crippen molar-refractivity contribution in [1.29, 1.82) is 0 Å². The zero-order chi connectivity index (χ0) is 19.1. The van der Waals surface area contributed by atoms with Gasteiger partial charge in [-0.3, -0.25) is 4.79 Å². The average molecular weight is 393 g/mol. The Morgan fingerprint density at radius 3 is 2.78 bits per heavy atom. The van der Waals surface area contributed by atoms with Gasteiger partial charge in [-0.05, 0) is 25.0 Å². The van der Waals surface area contributed by atoms with E-state index in [1.165, 1.54) is 18.9 Å². The van der Waals surface area contributed by atoms with Crippen LogP contribution in [0.5, 0.6) is 0 Å². The maximum Gasteiger partial charge on any atom is 0.288 e. The van der Waals surface area contributed by atoms with E-state index in [1.807, 2.05) is 6.07 Å². The van der Waals surface area contributed by atoms with E-state index < -0.39 is 5.76 Å². The molecule has 2 aromatic rings. The Bertz CT molecular complexity index is 771. The minimum Gasteiger partial charge on any atom is -0.370 e. The van der Waals surface area contributed by atoms with E-state index in [9.17, 15) is 13.6 Å². The Labute approximate surface area is 160 Å². The molecule has 0 spiro atoms. The summed E-state index contributed by atoms with van der Waals surface area (Å²) in [6.07, 6.45) is 4.11. The topological polar surface area (TPSA) is 70.2 Å². The number of amides is 1. The van der Waals surface area contributed by atoms with E-state index in [0.29, 0.717) is 30.7 Å². The van der Waals surface area contributed by atoms with Gasteiger partial charge < -0.3 is 15.5 Å². The number of benzene rings is 1. The monoisotopic (exact) mass is 393 g/mol. The highest BCUT2D eigenvalue weighted by Gasteiger charge is 2.15. The molecule has 1 fully saturated rings. The molecule has 0 aliphatic carbocycles. The molecule has 1 amide bonds. The molecule has 1 aromatic heterocycles. The molecule has 1 aromatic carbocycles. The molecule has 9 heteroatoms. The van der Waals surface area contributed by atoms with Crippen LogP contribution in [0.3, 0.4) is 0 Å². The SMILES string of the molecule is O=C(NCCNc1cc(N2CCCC2)cnn1)c1ccccc1SC(F)F. The molecule has 0 atom stereocenters. The lowest BCUT2D eigenvalue weighted by Crippen LogP contribution is -2.29. The fourth-order valence-corrected chi connectivity index (χ4v) is 3.54. The van der Waals surface area contributed by atoms with Gasteiger partial charge in [0, 0.05) is 37.1 Å². The number of hydrogen-bond donors (Lipinski definition) is 2. The van der Waals surface area contributed by atoms with Crippen molar-refractivity contribution in [2.75, 3.05) is 36.4 Å². The fraction of sp³-hybridized carbons (Fsp3) is 0.389. The number of halogens is 2. The summed E-state index contributed by atoms with van der Waals surface area (Å²) in [6, 6.07) is 8.29. The molecule has 0 bridgehead atoms. The van der Waals surface area contributed by atoms with Gasteiger partial charge in [-0.15, -0.1) is 5.10 Å². The lowest BCUT2D eigenvalue weighted by Gasteiger charge is -2.17. The lowest BCUT2D eigenvalue weighted by atomic mass is 10.2. The highest BCUT2D eigenvalue weighted by atomic mass is 32.2. The van der Waals surface area contributed by atoms with Crippen LogP contribution in [0.4, 0.5) is 20.3 Å². The maximum atomic E-state index is 12.6.